The molecule has 3 aliphatic heterocycles. The second kappa shape index (κ2) is 9.74. The summed E-state index contributed by atoms with van der Waals surface area (Å²) in [6.45, 7) is 8.54. The largest absolute Gasteiger partial charge is 0.494 e. The second-order valence-corrected chi connectivity index (χ2v) is 11.0. The number of ether oxygens (including phenoxy) is 1. The van der Waals surface area contributed by atoms with Crippen molar-refractivity contribution in [2.45, 2.75) is 76.7 Å². The number of imidazole rings is 1. The molecule has 0 spiro atoms. The van der Waals surface area contributed by atoms with E-state index in [9.17, 15) is 14.4 Å². The van der Waals surface area contributed by atoms with Crippen LogP contribution in [0.15, 0.2) is 30.5 Å². The standard InChI is InChI=1S/C26H34BN5O6/c1-25(2)26(3,4)38-27(37-25)17-10-8-16(9-11-17)19-15-28-22(29-19)20-7-6-14-31-21(33)13-12-18(23(34)32(20)31)30-24(35)36-5/h8-11,15,18,20H,6-7,12-14H2,1-5H3,(H,28,29)(H,30,35). The molecule has 0 radical (unpaired) electrons. The maximum atomic E-state index is 13.5. The third-order valence-electron chi connectivity index (χ3n) is 8.00. The molecule has 5 rings (SSSR count). The summed E-state index contributed by atoms with van der Waals surface area (Å²) in [5.74, 6) is 0.0811. The molecule has 2 unspecified atom stereocenters. The smallest absolute Gasteiger partial charge is 0.453 e. The molecule has 3 saturated heterocycles. The number of hydrazine groups is 1. The van der Waals surface area contributed by atoms with Gasteiger partial charge >= 0.3 is 13.2 Å². The lowest BCUT2D eigenvalue weighted by Gasteiger charge is -2.42. The first-order chi connectivity index (χ1) is 18.0. The lowest BCUT2D eigenvalue weighted by atomic mass is 9.79. The van der Waals surface area contributed by atoms with Crippen molar-refractivity contribution in [2.75, 3.05) is 13.7 Å². The number of rotatable bonds is 4. The van der Waals surface area contributed by atoms with Gasteiger partial charge in [-0.1, -0.05) is 24.3 Å². The Hall–Kier alpha value is -3.38. The van der Waals surface area contributed by atoms with Crippen LogP contribution in [0.5, 0.6) is 0 Å². The molecule has 11 nitrogen and oxygen atoms in total. The molecule has 1 aromatic heterocycles. The van der Waals surface area contributed by atoms with Gasteiger partial charge in [0.2, 0.25) is 5.91 Å². The number of amides is 3. The summed E-state index contributed by atoms with van der Waals surface area (Å²) in [4.78, 5) is 46.1. The molecule has 0 saturated carbocycles. The van der Waals surface area contributed by atoms with E-state index in [1.165, 1.54) is 17.1 Å². The van der Waals surface area contributed by atoms with Gasteiger partial charge in [-0.15, -0.1) is 0 Å². The molecule has 3 fully saturated rings. The minimum atomic E-state index is -0.853. The normalized spacial score (nSPS) is 24.7. The summed E-state index contributed by atoms with van der Waals surface area (Å²) >= 11 is 0. The Morgan fingerprint density at radius 1 is 1.13 bits per heavy atom. The van der Waals surface area contributed by atoms with Crippen LogP contribution in [0.1, 0.15) is 65.2 Å². The molecule has 3 aliphatic rings. The summed E-state index contributed by atoms with van der Waals surface area (Å²) < 4.78 is 17.0. The predicted octanol–water partition coefficient (Wildman–Crippen LogP) is 2.30. The van der Waals surface area contributed by atoms with Gasteiger partial charge in [-0.25, -0.2) is 14.8 Å². The maximum Gasteiger partial charge on any atom is 0.494 e. The number of hydrogen-bond acceptors (Lipinski definition) is 7. The Morgan fingerprint density at radius 3 is 2.47 bits per heavy atom. The summed E-state index contributed by atoms with van der Waals surface area (Å²) in [6, 6.07) is 6.58. The number of aromatic nitrogens is 2. The summed E-state index contributed by atoms with van der Waals surface area (Å²) in [6.07, 6.45) is 2.75. The molecule has 4 heterocycles. The van der Waals surface area contributed by atoms with Gasteiger partial charge in [-0.05, 0) is 58.0 Å². The van der Waals surface area contributed by atoms with E-state index in [4.69, 9.17) is 9.31 Å². The van der Waals surface area contributed by atoms with Crippen LogP contribution in [0.3, 0.4) is 0 Å². The molecule has 202 valence electrons. The fourth-order valence-electron chi connectivity index (χ4n) is 5.07. The van der Waals surface area contributed by atoms with Crippen LogP contribution in [-0.4, -0.2) is 75.9 Å². The number of benzene rings is 1. The molecule has 2 aromatic rings. The summed E-state index contributed by atoms with van der Waals surface area (Å²) in [7, 11) is 0.793. The average Bonchev–Trinajstić information content (AvgIpc) is 3.44. The molecule has 0 bridgehead atoms. The first kappa shape index (κ1) is 26.2. The van der Waals surface area contributed by atoms with Gasteiger partial charge < -0.3 is 24.3 Å². The van der Waals surface area contributed by atoms with Crippen LogP contribution in [0.2, 0.25) is 0 Å². The highest BCUT2D eigenvalue weighted by Gasteiger charge is 2.51. The van der Waals surface area contributed by atoms with E-state index in [-0.39, 0.29) is 24.7 Å². The number of fused-ring (bicyclic) bond motifs is 1. The van der Waals surface area contributed by atoms with Crippen LogP contribution in [-0.2, 0) is 23.6 Å². The topological polar surface area (TPSA) is 126 Å². The first-order valence-electron chi connectivity index (χ1n) is 13.0. The van der Waals surface area contributed by atoms with Crippen LogP contribution < -0.4 is 10.8 Å². The molecule has 38 heavy (non-hydrogen) atoms. The number of alkyl carbamates (subject to hydrolysis) is 1. The SMILES string of the molecule is COC(=O)NC1CCC(=O)N2CCCC(c3ncc(-c4ccc(B5OC(C)(C)C(C)(C)O5)cc4)[nH]3)N2C1=O. The van der Waals surface area contributed by atoms with Crippen molar-refractivity contribution in [1.29, 1.82) is 0 Å². The van der Waals surface area contributed by atoms with E-state index in [1.54, 1.807) is 6.20 Å². The van der Waals surface area contributed by atoms with Crippen molar-refractivity contribution in [3.05, 3.63) is 36.3 Å². The number of carbonyl (C=O) groups excluding carboxylic acids is 3. The van der Waals surface area contributed by atoms with E-state index >= 15 is 0 Å². The summed E-state index contributed by atoms with van der Waals surface area (Å²) in [5, 5.41) is 5.53. The number of aromatic amines is 1. The molecular formula is C26H34BN5O6. The monoisotopic (exact) mass is 523 g/mol. The highest BCUT2D eigenvalue weighted by atomic mass is 16.7. The first-order valence-corrected chi connectivity index (χ1v) is 13.0. The molecule has 1 aromatic carbocycles. The lowest BCUT2D eigenvalue weighted by molar-refractivity contribution is -0.174. The zero-order chi connectivity index (χ0) is 27.2. The quantitative estimate of drug-likeness (QED) is 0.589. The number of methoxy groups -OCH3 is 1. The van der Waals surface area contributed by atoms with Crippen LogP contribution >= 0.6 is 0 Å². The fourth-order valence-corrected chi connectivity index (χ4v) is 5.07. The van der Waals surface area contributed by atoms with E-state index in [0.717, 1.165) is 23.1 Å². The van der Waals surface area contributed by atoms with Crippen molar-refractivity contribution in [2.24, 2.45) is 0 Å². The Morgan fingerprint density at radius 2 is 1.82 bits per heavy atom. The second-order valence-electron chi connectivity index (χ2n) is 11.0. The van der Waals surface area contributed by atoms with Gasteiger partial charge in [0.25, 0.3) is 5.91 Å². The lowest BCUT2D eigenvalue weighted by Crippen LogP contribution is -2.57. The molecule has 2 N–H and O–H groups in total. The number of hydrogen-bond donors (Lipinski definition) is 2. The Labute approximate surface area is 222 Å². The van der Waals surface area contributed by atoms with Crippen molar-refractivity contribution in [3.63, 3.8) is 0 Å². The van der Waals surface area contributed by atoms with Crippen molar-refractivity contribution in [1.82, 2.24) is 25.3 Å². The molecule has 2 atom stereocenters. The van der Waals surface area contributed by atoms with Gasteiger partial charge in [-0.3, -0.25) is 14.6 Å². The van der Waals surface area contributed by atoms with Gasteiger partial charge in [0, 0.05) is 13.0 Å². The third kappa shape index (κ3) is 4.67. The number of carbonyl (C=O) groups is 3. The third-order valence-corrected chi connectivity index (χ3v) is 8.00. The average molecular weight is 523 g/mol. The van der Waals surface area contributed by atoms with Gasteiger partial charge in [0.05, 0.1) is 30.2 Å². The van der Waals surface area contributed by atoms with Crippen LogP contribution in [0.4, 0.5) is 4.79 Å². The number of nitrogens with one attached hydrogen (secondary N) is 2. The number of H-pyrrole nitrogens is 1. The van der Waals surface area contributed by atoms with Gasteiger partial charge in [-0.2, -0.15) is 0 Å². The van der Waals surface area contributed by atoms with E-state index in [2.05, 4.69) is 20.0 Å². The zero-order valence-electron chi connectivity index (χ0n) is 22.4. The summed E-state index contributed by atoms with van der Waals surface area (Å²) in [5.41, 5.74) is 1.79. The maximum absolute atomic E-state index is 13.5. The number of nitrogens with zero attached hydrogens (tertiary/aromatic N) is 3. The molecular weight excluding hydrogens is 489 g/mol. The predicted molar refractivity (Wildman–Crippen MR) is 139 cm³/mol. The van der Waals surface area contributed by atoms with E-state index in [0.29, 0.717) is 18.8 Å². The van der Waals surface area contributed by atoms with Crippen LogP contribution in [0, 0.1) is 0 Å². The van der Waals surface area contributed by atoms with Crippen molar-refractivity contribution in [3.8, 4) is 11.3 Å². The minimum absolute atomic E-state index is 0.151. The van der Waals surface area contributed by atoms with E-state index < -0.39 is 36.5 Å². The fraction of sp³-hybridized carbons (Fsp3) is 0.538. The Bertz CT molecular complexity index is 1210. The van der Waals surface area contributed by atoms with Crippen LogP contribution in [0.25, 0.3) is 11.3 Å². The molecule has 0 aliphatic carbocycles. The molecule has 3 amide bonds. The van der Waals surface area contributed by atoms with Gasteiger partial charge in [0.1, 0.15) is 17.9 Å². The van der Waals surface area contributed by atoms with Crippen molar-refractivity contribution < 1.29 is 28.4 Å². The minimum Gasteiger partial charge on any atom is -0.453 e. The highest BCUT2D eigenvalue weighted by molar-refractivity contribution is 6.62. The zero-order valence-corrected chi connectivity index (χ0v) is 22.4. The van der Waals surface area contributed by atoms with Crippen molar-refractivity contribution >= 4 is 30.5 Å². The Balaban J connectivity index is 1.36. The van der Waals surface area contributed by atoms with E-state index in [1.807, 2.05) is 52.0 Å². The highest BCUT2D eigenvalue weighted by Crippen LogP contribution is 2.37. The Kier molecular flexibility index (Phi) is 6.72. The molecule has 12 heteroatoms. The van der Waals surface area contributed by atoms with Gasteiger partial charge in [0.15, 0.2) is 0 Å².